The van der Waals surface area contributed by atoms with Gasteiger partial charge in [-0.3, -0.25) is 4.98 Å². The quantitative estimate of drug-likeness (QED) is 0.765. The molecule has 0 aliphatic rings. The molecule has 3 aromatic rings. The molecular formula is C18H16F3N3O. The van der Waals surface area contributed by atoms with Crippen molar-refractivity contribution in [2.45, 2.75) is 12.7 Å². The van der Waals surface area contributed by atoms with Crippen molar-refractivity contribution in [3.05, 3.63) is 66.1 Å². The summed E-state index contributed by atoms with van der Waals surface area (Å²) in [5.74, 6) is 0.519. The molecule has 0 radical (unpaired) electrons. The van der Waals surface area contributed by atoms with E-state index in [2.05, 4.69) is 9.97 Å². The topological polar surface area (TPSA) is 49.2 Å². The third-order valence-corrected chi connectivity index (χ3v) is 3.90. The third kappa shape index (κ3) is 3.71. The minimum atomic E-state index is -4.43. The Labute approximate surface area is 142 Å². The molecule has 3 rings (SSSR count). The van der Waals surface area contributed by atoms with Crippen LogP contribution < -0.4 is 4.90 Å². The Bertz CT molecular complexity index is 862. The largest absolute Gasteiger partial charge is 0.416 e. The second kappa shape index (κ2) is 7.06. The molecule has 0 aliphatic heterocycles. The van der Waals surface area contributed by atoms with Crippen LogP contribution in [0.1, 0.15) is 11.1 Å². The smallest absolute Gasteiger partial charge is 0.395 e. The van der Waals surface area contributed by atoms with Gasteiger partial charge in [0.15, 0.2) is 0 Å². The number of anilines is 1. The van der Waals surface area contributed by atoms with Gasteiger partial charge in [-0.2, -0.15) is 13.2 Å². The molecule has 0 spiro atoms. The number of hydrogen-bond acceptors (Lipinski definition) is 4. The summed E-state index contributed by atoms with van der Waals surface area (Å²) in [6.07, 6.45) is 0.423. The maximum atomic E-state index is 13.2. The standard InChI is InChI=1S/C18H16F3N3O/c19-18(20,21)16-4-2-1-3-14(16)12-24(9-10-25)17-15-6-7-22-11-13(15)5-8-23-17/h1-8,11,25H,9-10,12H2. The van der Waals surface area contributed by atoms with Crippen LogP contribution in [0.25, 0.3) is 10.8 Å². The first kappa shape index (κ1) is 17.2. The number of aliphatic hydroxyl groups excluding tert-OH is 1. The first-order valence-corrected chi connectivity index (χ1v) is 7.70. The number of nitrogens with zero attached hydrogens (tertiary/aromatic N) is 3. The van der Waals surface area contributed by atoms with Crippen molar-refractivity contribution >= 4 is 16.6 Å². The summed E-state index contributed by atoms with van der Waals surface area (Å²) in [5, 5.41) is 11.0. The summed E-state index contributed by atoms with van der Waals surface area (Å²) in [6.45, 7) is -0.0390. The predicted molar refractivity (Wildman–Crippen MR) is 89.1 cm³/mol. The van der Waals surface area contributed by atoms with Crippen molar-refractivity contribution in [1.29, 1.82) is 0 Å². The minimum absolute atomic E-state index is 0.00925. The van der Waals surface area contributed by atoms with Gasteiger partial charge in [0.25, 0.3) is 0 Å². The molecule has 0 atom stereocenters. The number of benzene rings is 1. The molecule has 2 aromatic heterocycles. The van der Waals surface area contributed by atoms with Crippen LogP contribution in [0, 0.1) is 0 Å². The maximum absolute atomic E-state index is 13.2. The van der Waals surface area contributed by atoms with E-state index in [0.717, 1.165) is 16.8 Å². The molecule has 25 heavy (non-hydrogen) atoms. The fourth-order valence-corrected chi connectivity index (χ4v) is 2.77. The van der Waals surface area contributed by atoms with Crippen molar-refractivity contribution in [3.63, 3.8) is 0 Å². The van der Waals surface area contributed by atoms with Crippen molar-refractivity contribution in [3.8, 4) is 0 Å². The van der Waals surface area contributed by atoms with Gasteiger partial charge >= 0.3 is 6.18 Å². The molecule has 0 aliphatic carbocycles. The summed E-state index contributed by atoms with van der Waals surface area (Å²) in [6, 6.07) is 8.99. The monoisotopic (exact) mass is 347 g/mol. The number of hydrogen-bond donors (Lipinski definition) is 1. The molecular weight excluding hydrogens is 331 g/mol. The summed E-state index contributed by atoms with van der Waals surface area (Å²) >= 11 is 0. The van der Waals surface area contributed by atoms with Gasteiger partial charge in [0.05, 0.1) is 12.2 Å². The molecule has 4 nitrogen and oxygen atoms in total. The summed E-state index contributed by atoms with van der Waals surface area (Å²) in [5.41, 5.74) is -0.545. The first-order chi connectivity index (χ1) is 12.0. The van der Waals surface area contributed by atoms with E-state index in [0.29, 0.717) is 5.82 Å². The lowest BCUT2D eigenvalue weighted by molar-refractivity contribution is -0.138. The Hall–Kier alpha value is -2.67. The van der Waals surface area contributed by atoms with Crippen LogP contribution in [0.4, 0.5) is 19.0 Å². The van der Waals surface area contributed by atoms with E-state index in [9.17, 15) is 18.3 Å². The fraction of sp³-hybridized carbons (Fsp3) is 0.222. The van der Waals surface area contributed by atoms with Gasteiger partial charge in [0, 0.05) is 42.5 Å². The third-order valence-electron chi connectivity index (χ3n) is 3.90. The number of halogens is 3. The highest BCUT2D eigenvalue weighted by Gasteiger charge is 2.33. The molecule has 0 fully saturated rings. The zero-order chi connectivity index (χ0) is 17.9. The molecule has 2 heterocycles. The van der Waals surface area contributed by atoms with Crippen LogP contribution in [-0.2, 0) is 12.7 Å². The summed E-state index contributed by atoms with van der Waals surface area (Å²) in [7, 11) is 0. The van der Waals surface area contributed by atoms with Crippen molar-refractivity contribution in [2.24, 2.45) is 0 Å². The van der Waals surface area contributed by atoms with Gasteiger partial charge < -0.3 is 10.0 Å². The molecule has 0 amide bonds. The summed E-state index contributed by atoms with van der Waals surface area (Å²) < 4.78 is 39.7. The number of pyridine rings is 2. The SMILES string of the molecule is OCCN(Cc1ccccc1C(F)(F)F)c1nccc2cnccc12. The van der Waals surface area contributed by atoms with E-state index >= 15 is 0 Å². The molecule has 0 unspecified atom stereocenters. The first-order valence-electron chi connectivity index (χ1n) is 7.70. The fourth-order valence-electron chi connectivity index (χ4n) is 2.77. The van der Waals surface area contributed by atoms with E-state index in [4.69, 9.17) is 0 Å². The molecule has 7 heteroatoms. The average Bonchev–Trinajstić information content (AvgIpc) is 2.60. The zero-order valence-corrected chi connectivity index (χ0v) is 13.2. The van der Waals surface area contributed by atoms with Gasteiger partial charge in [-0.05, 0) is 23.8 Å². The maximum Gasteiger partial charge on any atom is 0.416 e. The summed E-state index contributed by atoms with van der Waals surface area (Å²) in [4.78, 5) is 10.0. The molecule has 1 N–H and O–H groups in total. The normalized spacial score (nSPS) is 11.7. The number of aliphatic hydroxyl groups is 1. The van der Waals surface area contributed by atoms with E-state index < -0.39 is 11.7 Å². The van der Waals surface area contributed by atoms with Crippen LogP contribution in [0.15, 0.2) is 55.0 Å². The van der Waals surface area contributed by atoms with Crippen LogP contribution in [0.3, 0.4) is 0 Å². The zero-order valence-electron chi connectivity index (χ0n) is 13.2. The van der Waals surface area contributed by atoms with E-state index in [1.165, 1.54) is 12.1 Å². The molecule has 130 valence electrons. The Morgan fingerprint density at radius 3 is 2.60 bits per heavy atom. The van der Waals surface area contributed by atoms with E-state index in [-0.39, 0.29) is 25.3 Å². The van der Waals surface area contributed by atoms with Gasteiger partial charge in [0.1, 0.15) is 5.82 Å². The minimum Gasteiger partial charge on any atom is -0.395 e. The van der Waals surface area contributed by atoms with Crippen molar-refractivity contribution in [2.75, 3.05) is 18.1 Å². The Morgan fingerprint density at radius 1 is 1.04 bits per heavy atom. The highest BCUT2D eigenvalue weighted by molar-refractivity contribution is 5.91. The van der Waals surface area contributed by atoms with E-state index in [1.807, 2.05) is 0 Å². The number of aromatic nitrogens is 2. The van der Waals surface area contributed by atoms with Crippen LogP contribution in [0.5, 0.6) is 0 Å². The number of rotatable bonds is 5. The molecule has 0 saturated carbocycles. The second-order valence-corrected chi connectivity index (χ2v) is 5.53. The average molecular weight is 347 g/mol. The van der Waals surface area contributed by atoms with Crippen LogP contribution >= 0.6 is 0 Å². The van der Waals surface area contributed by atoms with Crippen molar-refractivity contribution < 1.29 is 18.3 Å². The lowest BCUT2D eigenvalue weighted by Gasteiger charge is -2.25. The molecule has 1 aromatic carbocycles. The number of alkyl halides is 3. The molecule has 0 saturated heterocycles. The van der Waals surface area contributed by atoms with Crippen LogP contribution in [0.2, 0.25) is 0 Å². The van der Waals surface area contributed by atoms with Gasteiger partial charge in [-0.1, -0.05) is 18.2 Å². The van der Waals surface area contributed by atoms with Gasteiger partial charge in [-0.15, -0.1) is 0 Å². The van der Waals surface area contributed by atoms with E-state index in [1.54, 1.807) is 41.7 Å². The Morgan fingerprint density at radius 2 is 1.84 bits per heavy atom. The van der Waals surface area contributed by atoms with Crippen LogP contribution in [-0.4, -0.2) is 28.2 Å². The Kier molecular flexibility index (Phi) is 4.85. The predicted octanol–water partition coefficient (Wildman–Crippen LogP) is 3.65. The highest BCUT2D eigenvalue weighted by atomic mass is 19.4. The Balaban J connectivity index is 2.03. The highest BCUT2D eigenvalue weighted by Crippen LogP contribution is 2.33. The van der Waals surface area contributed by atoms with Gasteiger partial charge in [-0.25, -0.2) is 4.98 Å². The lowest BCUT2D eigenvalue weighted by Crippen LogP contribution is -2.28. The van der Waals surface area contributed by atoms with Crippen molar-refractivity contribution in [1.82, 2.24) is 9.97 Å². The number of fused-ring (bicyclic) bond motifs is 1. The molecule has 0 bridgehead atoms. The second-order valence-electron chi connectivity index (χ2n) is 5.53. The lowest BCUT2D eigenvalue weighted by atomic mass is 10.1. The van der Waals surface area contributed by atoms with Gasteiger partial charge in [0.2, 0.25) is 0 Å².